The van der Waals surface area contributed by atoms with Crippen LogP contribution >= 0.6 is 0 Å². The van der Waals surface area contributed by atoms with Gasteiger partial charge in [-0.3, -0.25) is 9.18 Å². The molecule has 0 aromatic rings. The van der Waals surface area contributed by atoms with Gasteiger partial charge in [-0.25, -0.2) is 0 Å². The zero-order valence-corrected chi connectivity index (χ0v) is 5.77. The standard InChI is InChI=1S/C6H12FNO2/c7-3-1-2-4-8-6(10)5-9/h9H,1-5H2,(H,8,10). The molecule has 0 fully saturated rings. The van der Waals surface area contributed by atoms with Crippen molar-refractivity contribution < 1.29 is 14.3 Å². The molecule has 0 bridgehead atoms. The normalized spacial score (nSPS) is 9.40. The Labute approximate surface area is 59.2 Å². The third kappa shape index (κ3) is 5.50. The molecule has 1 amide bonds. The summed E-state index contributed by atoms with van der Waals surface area (Å²) in [6.07, 6.45) is 1.09. The first-order chi connectivity index (χ1) is 4.81. The Hall–Kier alpha value is -0.640. The Morgan fingerprint density at radius 1 is 1.50 bits per heavy atom. The van der Waals surface area contributed by atoms with Gasteiger partial charge in [-0.05, 0) is 12.8 Å². The zero-order chi connectivity index (χ0) is 7.82. The fraction of sp³-hybridized carbons (Fsp3) is 0.833. The molecule has 0 saturated heterocycles. The molecule has 0 aromatic carbocycles. The number of hydrogen-bond acceptors (Lipinski definition) is 2. The van der Waals surface area contributed by atoms with E-state index in [0.29, 0.717) is 19.4 Å². The molecule has 0 atom stereocenters. The van der Waals surface area contributed by atoms with Gasteiger partial charge in [-0.2, -0.15) is 0 Å². The van der Waals surface area contributed by atoms with Crippen molar-refractivity contribution in [3.05, 3.63) is 0 Å². The van der Waals surface area contributed by atoms with Crippen LogP contribution in [0.1, 0.15) is 12.8 Å². The lowest BCUT2D eigenvalue weighted by molar-refractivity contribution is -0.123. The number of hydrogen-bond donors (Lipinski definition) is 2. The fourth-order valence-electron chi connectivity index (χ4n) is 0.503. The van der Waals surface area contributed by atoms with Gasteiger partial charge < -0.3 is 10.4 Å². The summed E-state index contributed by atoms with van der Waals surface area (Å²) in [6, 6.07) is 0. The molecule has 0 saturated carbocycles. The summed E-state index contributed by atoms with van der Waals surface area (Å²) in [6.45, 7) is -0.395. The van der Waals surface area contributed by atoms with Crippen molar-refractivity contribution in [3.8, 4) is 0 Å². The topological polar surface area (TPSA) is 49.3 Å². The minimum atomic E-state index is -0.490. The van der Waals surface area contributed by atoms with Crippen molar-refractivity contribution in [2.45, 2.75) is 12.8 Å². The number of amides is 1. The Balaban J connectivity index is 2.96. The third-order valence-electron chi connectivity index (χ3n) is 1.03. The molecule has 3 nitrogen and oxygen atoms in total. The van der Waals surface area contributed by atoms with Crippen LogP contribution in [0.15, 0.2) is 0 Å². The second-order valence-electron chi connectivity index (χ2n) is 1.90. The zero-order valence-electron chi connectivity index (χ0n) is 5.77. The molecule has 0 aromatic heterocycles. The number of rotatable bonds is 5. The van der Waals surface area contributed by atoms with Crippen LogP contribution < -0.4 is 5.32 Å². The summed E-state index contributed by atoms with van der Waals surface area (Å²) in [5.74, 6) is -0.404. The maximum atomic E-state index is 11.4. The highest BCUT2D eigenvalue weighted by atomic mass is 19.1. The van der Waals surface area contributed by atoms with Crippen LogP contribution in [0.4, 0.5) is 4.39 Å². The lowest BCUT2D eigenvalue weighted by Gasteiger charge is -1.99. The number of carbonyl (C=O) groups is 1. The molecule has 0 heterocycles. The van der Waals surface area contributed by atoms with E-state index in [1.807, 2.05) is 0 Å². The Morgan fingerprint density at radius 2 is 2.20 bits per heavy atom. The molecule has 0 unspecified atom stereocenters. The van der Waals surface area contributed by atoms with Crippen molar-refractivity contribution >= 4 is 5.91 Å². The molecule has 60 valence electrons. The van der Waals surface area contributed by atoms with Crippen molar-refractivity contribution in [1.82, 2.24) is 5.32 Å². The highest BCUT2D eigenvalue weighted by Gasteiger charge is 1.94. The van der Waals surface area contributed by atoms with Gasteiger partial charge in [0, 0.05) is 6.54 Å². The summed E-state index contributed by atoms with van der Waals surface area (Å²) >= 11 is 0. The van der Waals surface area contributed by atoms with E-state index in [-0.39, 0.29) is 6.67 Å². The van der Waals surface area contributed by atoms with E-state index in [4.69, 9.17) is 5.11 Å². The first kappa shape index (κ1) is 9.36. The summed E-state index contributed by atoms with van der Waals surface area (Å²) in [7, 11) is 0. The summed E-state index contributed by atoms with van der Waals surface area (Å²) in [5, 5.41) is 10.6. The number of halogens is 1. The summed E-state index contributed by atoms with van der Waals surface area (Å²) in [4.78, 5) is 10.3. The van der Waals surface area contributed by atoms with Gasteiger partial charge in [0.15, 0.2) is 0 Å². The molecule has 10 heavy (non-hydrogen) atoms. The minimum absolute atomic E-state index is 0.352. The van der Waals surface area contributed by atoms with Gasteiger partial charge in [0.2, 0.25) is 5.91 Å². The molecule has 2 N–H and O–H groups in total. The average Bonchev–Trinajstić information content (AvgIpc) is 1.98. The van der Waals surface area contributed by atoms with Crippen LogP contribution in [-0.2, 0) is 4.79 Å². The number of alkyl halides is 1. The highest BCUT2D eigenvalue weighted by molar-refractivity contribution is 5.76. The van der Waals surface area contributed by atoms with Gasteiger partial charge in [0.1, 0.15) is 6.61 Å². The van der Waals surface area contributed by atoms with Gasteiger partial charge in [0.25, 0.3) is 0 Å². The molecular formula is C6H12FNO2. The van der Waals surface area contributed by atoms with Crippen LogP contribution in [0, 0.1) is 0 Å². The van der Waals surface area contributed by atoms with E-state index < -0.39 is 12.5 Å². The fourth-order valence-corrected chi connectivity index (χ4v) is 0.503. The first-order valence-corrected chi connectivity index (χ1v) is 3.24. The van der Waals surface area contributed by atoms with Crippen molar-refractivity contribution in [3.63, 3.8) is 0 Å². The summed E-state index contributed by atoms with van der Waals surface area (Å²) in [5.41, 5.74) is 0. The highest BCUT2D eigenvalue weighted by Crippen LogP contribution is 1.85. The predicted octanol–water partition coefficient (Wildman–Crippen LogP) is -0.155. The lowest BCUT2D eigenvalue weighted by atomic mass is 10.3. The van der Waals surface area contributed by atoms with Gasteiger partial charge in [0.05, 0.1) is 6.67 Å². The number of aliphatic hydroxyl groups is 1. The molecule has 0 spiro atoms. The number of aliphatic hydroxyl groups excluding tert-OH is 1. The maximum absolute atomic E-state index is 11.4. The van der Waals surface area contributed by atoms with Gasteiger partial charge in [-0.1, -0.05) is 0 Å². The second kappa shape index (κ2) is 6.48. The van der Waals surface area contributed by atoms with Crippen LogP contribution in [0.3, 0.4) is 0 Å². The average molecular weight is 149 g/mol. The van der Waals surface area contributed by atoms with E-state index in [2.05, 4.69) is 5.32 Å². The molecular weight excluding hydrogens is 137 g/mol. The van der Waals surface area contributed by atoms with Gasteiger partial charge >= 0.3 is 0 Å². The molecule has 0 radical (unpaired) electrons. The Kier molecular flexibility index (Phi) is 6.06. The molecule has 4 heteroatoms. The van der Waals surface area contributed by atoms with E-state index in [1.54, 1.807) is 0 Å². The van der Waals surface area contributed by atoms with Crippen molar-refractivity contribution in [2.24, 2.45) is 0 Å². The SMILES string of the molecule is O=C(CO)NCCCCF. The monoisotopic (exact) mass is 149 g/mol. The smallest absolute Gasteiger partial charge is 0.245 e. The molecule has 0 aliphatic heterocycles. The maximum Gasteiger partial charge on any atom is 0.245 e. The minimum Gasteiger partial charge on any atom is -0.387 e. The number of nitrogens with one attached hydrogen (secondary N) is 1. The largest absolute Gasteiger partial charge is 0.387 e. The summed E-state index contributed by atoms with van der Waals surface area (Å²) < 4.78 is 11.4. The van der Waals surface area contributed by atoms with Crippen molar-refractivity contribution in [1.29, 1.82) is 0 Å². The molecule has 0 aliphatic rings. The van der Waals surface area contributed by atoms with E-state index >= 15 is 0 Å². The van der Waals surface area contributed by atoms with Crippen LogP contribution in [0.25, 0.3) is 0 Å². The van der Waals surface area contributed by atoms with E-state index in [9.17, 15) is 9.18 Å². The first-order valence-electron chi connectivity index (χ1n) is 3.24. The van der Waals surface area contributed by atoms with Crippen LogP contribution in [0.5, 0.6) is 0 Å². The van der Waals surface area contributed by atoms with Gasteiger partial charge in [-0.15, -0.1) is 0 Å². The molecule has 0 aliphatic carbocycles. The number of unbranched alkanes of at least 4 members (excludes halogenated alkanes) is 1. The molecule has 0 rings (SSSR count). The Bertz CT molecular complexity index is 97.7. The van der Waals surface area contributed by atoms with Crippen LogP contribution in [-0.4, -0.2) is 30.8 Å². The lowest BCUT2D eigenvalue weighted by Crippen LogP contribution is -2.27. The van der Waals surface area contributed by atoms with Crippen molar-refractivity contribution in [2.75, 3.05) is 19.8 Å². The van der Waals surface area contributed by atoms with Crippen LogP contribution in [0.2, 0.25) is 0 Å². The predicted molar refractivity (Wildman–Crippen MR) is 35.3 cm³/mol. The second-order valence-corrected chi connectivity index (χ2v) is 1.90. The van der Waals surface area contributed by atoms with E-state index in [0.717, 1.165) is 0 Å². The quantitative estimate of drug-likeness (QED) is 0.534. The third-order valence-corrected chi connectivity index (χ3v) is 1.03. The Morgan fingerprint density at radius 3 is 2.70 bits per heavy atom. The van der Waals surface area contributed by atoms with E-state index in [1.165, 1.54) is 0 Å². The number of carbonyl (C=O) groups excluding carboxylic acids is 1.